The van der Waals surface area contributed by atoms with Crippen molar-refractivity contribution in [1.82, 2.24) is 14.8 Å². The van der Waals surface area contributed by atoms with Crippen LogP contribution < -0.4 is 5.73 Å². The minimum atomic E-state index is -0.500. The van der Waals surface area contributed by atoms with Crippen LogP contribution in [0.2, 0.25) is 0 Å². The first kappa shape index (κ1) is 12.0. The highest BCUT2D eigenvalue weighted by molar-refractivity contribution is 5.48. The maximum atomic E-state index is 10.8. The summed E-state index contributed by atoms with van der Waals surface area (Å²) < 4.78 is 1.56. The van der Waals surface area contributed by atoms with Crippen LogP contribution in [0.1, 0.15) is 17.0 Å². The lowest BCUT2D eigenvalue weighted by Crippen LogP contribution is -2.05. The first-order valence-corrected chi connectivity index (χ1v) is 5.35. The van der Waals surface area contributed by atoms with Crippen molar-refractivity contribution in [3.05, 3.63) is 39.2 Å². The molecular formula is C11H13N5O2. The van der Waals surface area contributed by atoms with Gasteiger partial charge in [0.05, 0.1) is 22.7 Å². The fourth-order valence-electron chi connectivity index (χ4n) is 1.68. The fraction of sp³-hybridized carbons (Fsp3) is 0.273. The largest absolute Gasteiger partial charge is 0.383 e. The molecule has 0 aliphatic carbocycles. The van der Waals surface area contributed by atoms with Gasteiger partial charge in [-0.2, -0.15) is 5.10 Å². The number of nitrogens with zero attached hydrogens (tertiary/aromatic N) is 4. The Kier molecular flexibility index (Phi) is 2.74. The zero-order chi connectivity index (χ0) is 13.4. The van der Waals surface area contributed by atoms with E-state index in [1.165, 1.54) is 12.1 Å². The molecule has 94 valence electrons. The molecular weight excluding hydrogens is 234 g/mol. The summed E-state index contributed by atoms with van der Waals surface area (Å²) in [4.78, 5) is 14.4. The van der Waals surface area contributed by atoms with Crippen LogP contribution >= 0.6 is 0 Å². The molecule has 0 aromatic carbocycles. The molecule has 0 atom stereocenters. The Bertz CT molecular complexity index is 633. The lowest BCUT2D eigenvalue weighted by molar-refractivity contribution is -0.384. The summed E-state index contributed by atoms with van der Waals surface area (Å²) in [5.74, 6) is 0.458. The highest BCUT2D eigenvalue weighted by Crippen LogP contribution is 2.21. The average molecular weight is 247 g/mol. The van der Waals surface area contributed by atoms with Crippen LogP contribution in [0.3, 0.4) is 0 Å². The maximum Gasteiger partial charge on any atom is 0.276 e. The van der Waals surface area contributed by atoms with Gasteiger partial charge in [-0.25, -0.2) is 9.67 Å². The third kappa shape index (κ3) is 1.90. The molecule has 0 bridgehead atoms. The topological polar surface area (TPSA) is 99.9 Å². The van der Waals surface area contributed by atoms with Gasteiger partial charge >= 0.3 is 0 Å². The van der Waals surface area contributed by atoms with Crippen molar-refractivity contribution in [3.8, 4) is 5.82 Å². The summed E-state index contributed by atoms with van der Waals surface area (Å²) in [5, 5.41) is 15.1. The van der Waals surface area contributed by atoms with Crippen molar-refractivity contribution >= 4 is 11.5 Å². The molecule has 2 heterocycles. The number of aryl methyl sites for hydroxylation is 1. The van der Waals surface area contributed by atoms with Crippen LogP contribution in [0.15, 0.2) is 12.1 Å². The first-order chi connectivity index (χ1) is 8.40. The van der Waals surface area contributed by atoms with Crippen LogP contribution in [0.25, 0.3) is 5.82 Å². The minimum absolute atomic E-state index is 0.0947. The van der Waals surface area contributed by atoms with Crippen LogP contribution in [-0.2, 0) is 0 Å². The summed E-state index contributed by atoms with van der Waals surface area (Å²) in [5.41, 5.74) is 8.26. The number of aromatic nitrogens is 3. The van der Waals surface area contributed by atoms with Crippen molar-refractivity contribution in [2.75, 3.05) is 5.73 Å². The van der Waals surface area contributed by atoms with Gasteiger partial charge in [0.2, 0.25) is 0 Å². The van der Waals surface area contributed by atoms with Gasteiger partial charge < -0.3 is 5.73 Å². The zero-order valence-electron chi connectivity index (χ0n) is 10.3. The van der Waals surface area contributed by atoms with Gasteiger partial charge in [-0.3, -0.25) is 10.1 Å². The molecule has 7 heteroatoms. The molecule has 2 aromatic rings. The van der Waals surface area contributed by atoms with Crippen molar-refractivity contribution in [3.63, 3.8) is 0 Å². The molecule has 0 amide bonds. The molecule has 2 N–H and O–H groups in total. The second-order valence-electron chi connectivity index (χ2n) is 4.07. The average Bonchev–Trinajstić information content (AvgIpc) is 2.56. The van der Waals surface area contributed by atoms with Gasteiger partial charge in [-0.15, -0.1) is 0 Å². The van der Waals surface area contributed by atoms with E-state index in [-0.39, 0.29) is 11.5 Å². The van der Waals surface area contributed by atoms with Crippen molar-refractivity contribution in [2.24, 2.45) is 0 Å². The highest BCUT2D eigenvalue weighted by Gasteiger charge is 2.15. The lowest BCUT2D eigenvalue weighted by Gasteiger charge is -2.04. The Balaban J connectivity index is 2.63. The highest BCUT2D eigenvalue weighted by atomic mass is 16.6. The standard InChI is InChI=1S/C11H13N5O2/c1-6-7(2)14-15(8(6)3)11-5-9(16(17)18)4-10(12)13-11/h4-5H,1-3H3,(H2,12,13). The van der Waals surface area contributed by atoms with E-state index in [4.69, 9.17) is 5.73 Å². The predicted octanol–water partition coefficient (Wildman–Crippen LogP) is 1.68. The molecule has 0 aliphatic rings. The number of hydrogen-bond acceptors (Lipinski definition) is 5. The number of anilines is 1. The number of rotatable bonds is 2. The molecule has 0 aliphatic heterocycles. The van der Waals surface area contributed by atoms with Crippen molar-refractivity contribution in [2.45, 2.75) is 20.8 Å². The van der Waals surface area contributed by atoms with E-state index in [0.29, 0.717) is 5.82 Å². The van der Waals surface area contributed by atoms with E-state index in [0.717, 1.165) is 17.0 Å². The Labute approximate surface area is 103 Å². The van der Waals surface area contributed by atoms with E-state index in [1.54, 1.807) is 4.68 Å². The smallest absolute Gasteiger partial charge is 0.276 e. The normalized spacial score (nSPS) is 10.6. The number of nitrogens with two attached hydrogens (primary N) is 1. The second-order valence-corrected chi connectivity index (χ2v) is 4.07. The molecule has 7 nitrogen and oxygen atoms in total. The SMILES string of the molecule is Cc1nn(-c2cc([N+](=O)[O-])cc(N)n2)c(C)c1C. The third-order valence-electron chi connectivity index (χ3n) is 2.90. The Hall–Kier alpha value is -2.44. The van der Waals surface area contributed by atoms with Gasteiger partial charge in [0.15, 0.2) is 5.82 Å². The van der Waals surface area contributed by atoms with E-state index in [1.807, 2.05) is 20.8 Å². The van der Waals surface area contributed by atoms with Crippen LogP contribution in [0, 0.1) is 30.9 Å². The van der Waals surface area contributed by atoms with Gasteiger partial charge in [0.1, 0.15) is 5.82 Å². The van der Waals surface area contributed by atoms with Gasteiger partial charge in [-0.05, 0) is 26.3 Å². The monoisotopic (exact) mass is 247 g/mol. The van der Waals surface area contributed by atoms with Gasteiger partial charge in [0, 0.05) is 5.69 Å². The molecule has 0 fully saturated rings. The number of nitrogen functional groups attached to an aromatic ring is 1. The molecule has 0 saturated heterocycles. The van der Waals surface area contributed by atoms with Crippen molar-refractivity contribution < 1.29 is 4.92 Å². The van der Waals surface area contributed by atoms with E-state index >= 15 is 0 Å². The molecule has 2 aromatic heterocycles. The molecule has 18 heavy (non-hydrogen) atoms. The third-order valence-corrected chi connectivity index (χ3v) is 2.90. The van der Waals surface area contributed by atoms with Crippen LogP contribution in [0.4, 0.5) is 11.5 Å². The zero-order valence-corrected chi connectivity index (χ0v) is 10.3. The second kappa shape index (κ2) is 4.10. The molecule has 2 rings (SSSR count). The summed E-state index contributed by atoms with van der Waals surface area (Å²) in [6.45, 7) is 5.69. The van der Waals surface area contributed by atoms with Gasteiger partial charge in [-0.1, -0.05) is 0 Å². The number of nitro groups is 1. The summed E-state index contributed by atoms with van der Waals surface area (Å²) in [6.07, 6.45) is 0. The van der Waals surface area contributed by atoms with Crippen molar-refractivity contribution in [1.29, 1.82) is 0 Å². The Morgan fingerprint density at radius 1 is 1.33 bits per heavy atom. The maximum absolute atomic E-state index is 10.8. The molecule has 0 saturated carbocycles. The first-order valence-electron chi connectivity index (χ1n) is 5.35. The summed E-state index contributed by atoms with van der Waals surface area (Å²) >= 11 is 0. The summed E-state index contributed by atoms with van der Waals surface area (Å²) in [6, 6.07) is 2.58. The molecule has 0 radical (unpaired) electrons. The van der Waals surface area contributed by atoms with E-state index in [9.17, 15) is 10.1 Å². The van der Waals surface area contributed by atoms with Crippen LogP contribution in [0.5, 0.6) is 0 Å². The summed E-state index contributed by atoms with van der Waals surface area (Å²) in [7, 11) is 0. The van der Waals surface area contributed by atoms with E-state index < -0.39 is 4.92 Å². The minimum Gasteiger partial charge on any atom is -0.383 e. The Morgan fingerprint density at radius 3 is 2.50 bits per heavy atom. The lowest BCUT2D eigenvalue weighted by atomic mass is 10.2. The molecule has 0 unspecified atom stereocenters. The fourth-order valence-corrected chi connectivity index (χ4v) is 1.68. The van der Waals surface area contributed by atoms with Crippen LogP contribution in [-0.4, -0.2) is 19.7 Å². The van der Waals surface area contributed by atoms with E-state index in [2.05, 4.69) is 10.1 Å². The predicted molar refractivity (Wildman–Crippen MR) is 66.6 cm³/mol. The Morgan fingerprint density at radius 2 is 2.00 bits per heavy atom. The molecule has 0 spiro atoms. The number of pyridine rings is 1. The number of hydrogen-bond donors (Lipinski definition) is 1. The van der Waals surface area contributed by atoms with Gasteiger partial charge in [0.25, 0.3) is 5.69 Å². The quantitative estimate of drug-likeness (QED) is 0.642.